The SMILES string of the molecule is OCCC(OC1CCCCO1)C(F)(F)F. The van der Waals surface area contributed by atoms with Gasteiger partial charge in [-0.2, -0.15) is 13.2 Å². The molecule has 1 aliphatic rings. The summed E-state index contributed by atoms with van der Waals surface area (Å²) in [6.45, 7) is -0.106. The maximum Gasteiger partial charge on any atom is 0.414 e. The topological polar surface area (TPSA) is 38.7 Å². The molecule has 1 rings (SSSR count). The van der Waals surface area contributed by atoms with Crippen LogP contribution < -0.4 is 0 Å². The maximum absolute atomic E-state index is 12.4. The Balaban J connectivity index is 2.42. The summed E-state index contributed by atoms with van der Waals surface area (Å²) >= 11 is 0. The van der Waals surface area contributed by atoms with E-state index in [1.807, 2.05) is 0 Å². The molecule has 0 aliphatic carbocycles. The van der Waals surface area contributed by atoms with E-state index in [9.17, 15) is 13.2 Å². The van der Waals surface area contributed by atoms with Crippen LogP contribution >= 0.6 is 0 Å². The summed E-state index contributed by atoms with van der Waals surface area (Å²) in [5.41, 5.74) is 0. The van der Waals surface area contributed by atoms with E-state index in [2.05, 4.69) is 0 Å². The lowest BCUT2D eigenvalue weighted by Gasteiger charge is -2.28. The zero-order valence-electron chi connectivity index (χ0n) is 8.29. The Morgan fingerprint density at radius 1 is 1.40 bits per heavy atom. The minimum absolute atomic E-state index is 0.439. The van der Waals surface area contributed by atoms with Crippen molar-refractivity contribution in [3.05, 3.63) is 0 Å². The first-order valence-electron chi connectivity index (χ1n) is 4.98. The van der Waals surface area contributed by atoms with Gasteiger partial charge in [-0.3, -0.25) is 0 Å². The number of alkyl halides is 3. The summed E-state index contributed by atoms with van der Waals surface area (Å²) in [5, 5.41) is 8.51. The van der Waals surface area contributed by atoms with E-state index in [1.54, 1.807) is 0 Å². The second-order valence-corrected chi connectivity index (χ2v) is 3.47. The average Bonchev–Trinajstić information content (AvgIpc) is 2.17. The monoisotopic (exact) mass is 228 g/mol. The molecule has 90 valence electrons. The van der Waals surface area contributed by atoms with Crippen LogP contribution in [-0.2, 0) is 9.47 Å². The van der Waals surface area contributed by atoms with Crippen LogP contribution in [0.3, 0.4) is 0 Å². The molecule has 1 aliphatic heterocycles. The third kappa shape index (κ3) is 4.36. The van der Waals surface area contributed by atoms with Crippen LogP contribution in [0.15, 0.2) is 0 Å². The molecule has 2 atom stereocenters. The van der Waals surface area contributed by atoms with Gasteiger partial charge in [-0.05, 0) is 19.3 Å². The van der Waals surface area contributed by atoms with Crippen LogP contribution in [0.1, 0.15) is 25.7 Å². The molecule has 3 nitrogen and oxygen atoms in total. The van der Waals surface area contributed by atoms with Crippen LogP contribution in [0.25, 0.3) is 0 Å². The molecular formula is C9H15F3O3. The Bertz CT molecular complexity index is 178. The minimum Gasteiger partial charge on any atom is -0.396 e. The number of aliphatic hydroxyl groups is 1. The van der Waals surface area contributed by atoms with E-state index < -0.39 is 31.6 Å². The molecule has 0 aromatic rings. The van der Waals surface area contributed by atoms with Gasteiger partial charge in [0.05, 0.1) is 0 Å². The van der Waals surface area contributed by atoms with Crippen LogP contribution in [-0.4, -0.2) is 36.9 Å². The first-order chi connectivity index (χ1) is 7.04. The second-order valence-electron chi connectivity index (χ2n) is 3.47. The number of ether oxygens (including phenoxy) is 2. The molecule has 1 heterocycles. The number of aliphatic hydroxyl groups excluding tert-OH is 1. The summed E-state index contributed by atoms with van der Waals surface area (Å²) in [6, 6.07) is 0. The summed E-state index contributed by atoms with van der Waals surface area (Å²) in [5.74, 6) is 0. The fourth-order valence-electron chi connectivity index (χ4n) is 1.43. The van der Waals surface area contributed by atoms with E-state index in [0.29, 0.717) is 13.0 Å². The normalized spacial score (nSPS) is 25.2. The smallest absolute Gasteiger partial charge is 0.396 e. The molecule has 1 saturated heterocycles. The lowest BCUT2D eigenvalue weighted by molar-refractivity contribution is -0.280. The van der Waals surface area contributed by atoms with Gasteiger partial charge in [0, 0.05) is 19.6 Å². The van der Waals surface area contributed by atoms with Crippen LogP contribution in [0.2, 0.25) is 0 Å². The van der Waals surface area contributed by atoms with Gasteiger partial charge in [0.1, 0.15) is 0 Å². The van der Waals surface area contributed by atoms with Gasteiger partial charge in [-0.1, -0.05) is 0 Å². The van der Waals surface area contributed by atoms with Crippen molar-refractivity contribution in [2.75, 3.05) is 13.2 Å². The van der Waals surface area contributed by atoms with Crippen molar-refractivity contribution in [1.82, 2.24) is 0 Å². The lowest BCUT2D eigenvalue weighted by atomic mass is 10.2. The van der Waals surface area contributed by atoms with E-state index in [-0.39, 0.29) is 0 Å². The highest BCUT2D eigenvalue weighted by Crippen LogP contribution is 2.28. The van der Waals surface area contributed by atoms with Gasteiger partial charge in [-0.25, -0.2) is 0 Å². The third-order valence-electron chi connectivity index (χ3n) is 2.21. The van der Waals surface area contributed by atoms with Crippen molar-refractivity contribution >= 4 is 0 Å². The van der Waals surface area contributed by atoms with Gasteiger partial charge in [-0.15, -0.1) is 0 Å². The van der Waals surface area contributed by atoms with Crippen molar-refractivity contribution < 1.29 is 27.8 Å². The Morgan fingerprint density at radius 2 is 2.13 bits per heavy atom. The number of hydrogen-bond acceptors (Lipinski definition) is 3. The highest BCUT2D eigenvalue weighted by Gasteiger charge is 2.41. The number of rotatable bonds is 4. The third-order valence-corrected chi connectivity index (χ3v) is 2.21. The molecule has 0 amide bonds. The highest BCUT2D eigenvalue weighted by atomic mass is 19.4. The molecular weight excluding hydrogens is 213 g/mol. The average molecular weight is 228 g/mol. The first-order valence-corrected chi connectivity index (χ1v) is 4.98. The van der Waals surface area contributed by atoms with Gasteiger partial charge in [0.2, 0.25) is 0 Å². The Kier molecular flexibility index (Phi) is 4.82. The minimum atomic E-state index is -4.44. The fourth-order valence-corrected chi connectivity index (χ4v) is 1.43. The van der Waals surface area contributed by atoms with E-state index >= 15 is 0 Å². The molecule has 0 aromatic carbocycles. The quantitative estimate of drug-likeness (QED) is 0.798. The maximum atomic E-state index is 12.4. The molecule has 0 radical (unpaired) electrons. The summed E-state index contributed by atoms with van der Waals surface area (Å²) in [7, 11) is 0. The van der Waals surface area contributed by atoms with Gasteiger partial charge < -0.3 is 14.6 Å². The Labute approximate surface area is 86.2 Å². The van der Waals surface area contributed by atoms with Crippen LogP contribution in [0.4, 0.5) is 13.2 Å². The number of hydrogen-bond donors (Lipinski definition) is 1. The van der Waals surface area contributed by atoms with Gasteiger partial charge >= 0.3 is 6.18 Å². The molecule has 1 fully saturated rings. The predicted molar refractivity (Wildman–Crippen MR) is 46.2 cm³/mol. The van der Waals surface area contributed by atoms with Crippen molar-refractivity contribution in [1.29, 1.82) is 0 Å². The standard InChI is InChI=1S/C9H15F3O3/c10-9(11,12)7(4-5-13)15-8-3-1-2-6-14-8/h7-8,13H,1-6H2. The zero-order chi connectivity index (χ0) is 11.3. The van der Waals surface area contributed by atoms with Crippen molar-refractivity contribution in [3.8, 4) is 0 Å². The van der Waals surface area contributed by atoms with Crippen molar-refractivity contribution in [2.24, 2.45) is 0 Å². The van der Waals surface area contributed by atoms with Crippen molar-refractivity contribution in [3.63, 3.8) is 0 Å². The zero-order valence-corrected chi connectivity index (χ0v) is 8.29. The first kappa shape index (κ1) is 12.7. The molecule has 1 N–H and O–H groups in total. The molecule has 2 unspecified atom stereocenters. The van der Waals surface area contributed by atoms with E-state index in [0.717, 1.165) is 12.8 Å². The summed E-state index contributed by atoms with van der Waals surface area (Å²) in [4.78, 5) is 0. The second kappa shape index (κ2) is 5.67. The number of halogens is 3. The largest absolute Gasteiger partial charge is 0.414 e. The van der Waals surface area contributed by atoms with Crippen LogP contribution in [0, 0.1) is 0 Å². The molecule has 0 aromatic heterocycles. The van der Waals surface area contributed by atoms with Gasteiger partial charge in [0.15, 0.2) is 12.4 Å². The fraction of sp³-hybridized carbons (Fsp3) is 1.00. The molecule has 6 heteroatoms. The van der Waals surface area contributed by atoms with E-state index in [1.165, 1.54) is 0 Å². The molecule has 0 spiro atoms. The van der Waals surface area contributed by atoms with Crippen LogP contribution in [0.5, 0.6) is 0 Å². The van der Waals surface area contributed by atoms with Gasteiger partial charge in [0.25, 0.3) is 0 Å². The molecule has 0 saturated carbocycles. The highest BCUT2D eigenvalue weighted by molar-refractivity contribution is 4.69. The summed E-state index contributed by atoms with van der Waals surface area (Å²) in [6.07, 6.45) is -5.43. The van der Waals surface area contributed by atoms with E-state index in [4.69, 9.17) is 14.6 Å². The van der Waals surface area contributed by atoms with Crippen molar-refractivity contribution in [2.45, 2.75) is 44.3 Å². The Morgan fingerprint density at radius 3 is 2.60 bits per heavy atom. The molecule has 0 bridgehead atoms. The predicted octanol–water partition coefficient (Wildman–Crippen LogP) is 1.84. The Hall–Kier alpha value is -0.330. The lowest BCUT2D eigenvalue weighted by Crippen LogP contribution is -2.38. The molecule has 15 heavy (non-hydrogen) atoms. The summed E-state index contributed by atoms with van der Waals surface area (Å²) < 4.78 is 46.9.